The topological polar surface area (TPSA) is 123 Å². The number of amides is 1. The van der Waals surface area contributed by atoms with Crippen LogP contribution in [-0.2, 0) is 32.0 Å². The van der Waals surface area contributed by atoms with Gasteiger partial charge in [-0.05, 0) is 24.6 Å². The Balaban J connectivity index is 1.41. The van der Waals surface area contributed by atoms with E-state index in [1.807, 2.05) is 54.6 Å². The van der Waals surface area contributed by atoms with Crippen molar-refractivity contribution in [2.45, 2.75) is 52.2 Å². The number of pyridine rings is 1. The molecule has 1 saturated heterocycles. The number of fused-ring (bicyclic) bond motifs is 3. The molecule has 0 spiro atoms. The molecule has 3 N–H and O–H groups in total. The van der Waals surface area contributed by atoms with Gasteiger partial charge in [-0.1, -0.05) is 62.4 Å². The predicted molar refractivity (Wildman–Crippen MR) is 146 cm³/mol. The summed E-state index contributed by atoms with van der Waals surface area (Å²) in [5, 5.41) is 14.7. The summed E-state index contributed by atoms with van der Waals surface area (Å²) in [6, 6.07) is 17.4. The number of aliphatic hydroxyl groups excluding tert-OH is 1. The fourth-order valence-corrected chi connectivity index (χ4v) is 4.59. The molecule has 0 aliphatic carbocycles. The van der Waals surface area contributed by atoms with Crippen molar-refractivity contribution in [1.82, 2.24) is 15.3 Å². The molecule has 9 heteroatoms. The number of nitrogens with one attached hydrogen (secondary N) is 2. The molecule has 4 aromatic rings. The highest BCUT2D eigenvalue weighted by Gasteiger charge is 2.31. The Bertz CT molecular complexity index is 1470. The monoisotopic (exact) mass is 531 g/mol. The second-order valence-corrected chi connectivity index (χ2v) is 10.8. The van der Waals surface area contributed by atoms with Crippen LogP contribution in [-0.4, -0.2) is 58.6 Å². The van der Waals surface area contributed by atoms with Gasteiger partial charge in [0.1, 0.15) is 12.3 Å². The van der Waals surface area contributed by atoms with E-state index in [9.17, 15) is 14.7 Å². The highest BCUT2D eigenvalue weighted by Crippen LogP contribution is 2.30. The first kappa shape index (κ1) is 26.8. The van der Waals surface area contributed by atoms with Crippen molar-refractivity contribution >= 4 is 33.7 Å². The minimum atomic E-state index is -1.27. The average Bonchev–Trinajstić information content (AvgIpc) is 3.31. The number of carbonyl (C=O) groups is 2. The number of benzene rings is 2. The standard InChI is InChI=1S/C30H33N3O6/c1-18(34)26(29(36)37-15-19-9-5-4-6-10-19)33-28(35)24-13-21-20-11-7-8-12-22(20)32-27(21)23(31-24)14-25-38-16-30(2,3)17-39-25/h4-13,18,25-26,32,34H,14-17H2,1-3H3,(H,33,35)/t18-,26+/m1/s1. The molecule has 0 unspecified atom stereocenters. The van der Waals surface area contributed by atoms with Crippen LogP contribution in [0.15, 0.2) is 60.7 Å². The van der Waals surface area contributed by atoms with Crippen molar-refractivity contribution in [2.75, 3.05) is 13.2 Å². The molecule has 39 heavy (non-hydrogen) atoms. The zero-order valence-electron chi connectivity index (χ0n) is 22.3. The van der Waals surface area contributed by atoms with E-state index in [1.54, 1.807) is 6.07 Å². The minimum Gasteiger partial charge on any atom is -0.459 e. The van der Waals surface area contributed by atoms with E-state index in [0.29, 0.717) is 25.3 Å². The highest BCUT2D eigenvalue weighted by atomic mass is 16.7. The number of H-pyrrole nitrogens is 1. The Morgan fingerprint density at radius 3 is 2.51 bits per heavy atom. The highest BCUT2D eigenvalue weighted by molar-refractivity contribution is 6.10. The van der Waals surface area contributed by atoms with Crippen LogP contribution >= 0.6 is 0 Å². The van der Waals surface area contributed by atoms with Crippen LogP contribution in [0.4, 0.5) is 0 Å². The Morgan fingerprint density at radius 1 is 1.10 bits per heavy atom. The van der Waals surface area contributed by atoms with Crippen molar-refractivity contribution in [1.29, 1.82) is 0 Å². The summed E-state index contributed by atoms with van der Waals surface area (Å²) < 4.78 is 17.3. The molecule has 2 atom stereocenters. The average molecular weight is 532 g/mol. The predicted octanol–water partition coefficient (Wildman–Crippen LogP) is 3.88. The van der Waals surface area contributed by atoms with E-state index in [2.05, 4.69) is 29.1 Å². The molecule has 1 amide bonds. The maximum atomic E-state index is 13.4. The summed E-state index contributed by atoms with van der Waals surface area (Å²) in [5.41, 5.74) is 3.14. The van der Waals surface area contributed by atoms with E-state index < -0.39 is 30.3 Å². The first-order valence-electron chi connectivity index (χ1n) is 13.0. The lowest BCUT2D eigenvalue weighted by Gasteiger charge is -2.34. The summed E-state index contributed by atoms with van der Waals surface area (Å²) in [5.74, 6) is -1.33. The lowest BCUT2D eigenvalue weighted by Crippen LogP contribution is -2.48. The van der Waals surface area contributed by atoms with Crippen LogP contribution in [0, 0.1) is 5.41 Å². The number of aromatic nitrogens is 2. The number of nitrogens with zero attached hydrogens (tertiary/aromatic N) is 1. The van der Waals surface area contributed by atoms with E-state index >= 15 is 0 Å². The first-order valence-corrected chi connectivity index (χ1v) is 13.0. The zero-order chi connectivity index (χ0) is 27.6. The molecule has 204 valence electrons. The normalized spacial score (nSPS) is 17.1. The largest absolute Gasteiger partial charge is 0.459 e. The summed E-state index contributed by atoms with van der Waals surface area (Å²) in [6.45, 7) is 6.71. The third-order valence-corrected chi connectivity index (χ3v) is 6.73. The molecule has 0 bridgehead atoms. The number of hydrogen-bond donors (Lipinski definition) is 3. The maximum absolute atomic E-state index is 13.4. The van der Waals surface area contributed by atoms with Gasteiger partial charge in [-0.2, -0.15) is 0 Å². The molecule has 0 saturated carbocycles. The van der Waals surface area contributed by atoms with Crippen molar-refractivity contribution in [3.05, 3.63) is 77.6 Å². The quantitative estimate of drug-likeness (QED) is 0.295. The number of esters is 1. The lowest BCUT2D eigenvalue weighted by molar-refractivity contribution is -0.220. The van der Waals surface area contributed by atoms with Crippen LogP contribution in [0.2, 0.25) is 0 Å². The van der Waals surface area contributed by atoms with Crippen LogP contribution in [0.1, 0.15) is 42.5 Å². The third kappa shape index (κ3) is 6.11. The fraction of sp³-hybridized carbons (Fsp3) is 0.367. The molecule has 2 aromatic carbocycles. The number of ether oxygens (including phenoxy) is 3. The number of carbonyl (C=O) groups excluding carboxylic acids is 2. The minimum absolute atomic E-state index is 0.0284. The van der Waals surface area contributed by atoms with Gasteiger partial charge in [0, 0.05) is 28.1 Å². The Morgan fingerprint density at radius 2 is 1.79 bits per heavy atom. The molecule has 2 aromatic heterocycles. The Hall–Kier alpha value is -3.79. The summed E-state index contributed by atoms with van der Waals surface area (Å²) in [7, 11) is 0. The molecule has 5 rings (SSSR count). The molecule has 1 aliphatic heterocycles. The summed E-state index contributed by atoms with van der Waals surface area (Å²) >= 11 is 0. The number of para-hydroxylation sites is 1. The van der Waals surface area contributed by atoms with E-state index in [1.165, 1.54) is 6.92 Å². The van der Waals surface area contributed by atoms with Crippen molar-refractivity contribution in [2.24, 2.45) is 5.41 Å². The number of aliphatic hydroxyl groups is 1. The third-order valence-electron chi connectivity index (χ3n) is 6.73. The maximum Gasteiger partial charge on any atom is 0.331 e. The first-order chi connectivity index (χ1) is 18.7. The summed E-state index contributed by atoms with van der Waals surface area (Å²) in [6.07, 6.45) is -1.35. The number of rotatable bonds is 8. The summed E-state index contributed by atoms with van der Waals surface area (Å²) in [4.78, 5) is 34.3. The molecular formula is C30H33N3O6. The smallest absolute Gasteiger partial charge is 0.331 e. The van der Waals surface area contributed by atoms with Crippen LogP contribution in [0.25, 0.3) is 21.8 Å². The molecule has 3 heterocycles. The van der Waals surface area contributed by atoms with Crippen LogP contribution in [0.3, 0.4) is 0 Å². The second-order valence-electron chi connectivity index (χ2n) is 10.8. The number of hydrogen-bond acceptors (Lipinski definition) is 7. The van der Waals surface area contributed by atoms with E-state index in [0.717, 1.165) is 27.4 Å². The van der Waals surface area contributed by atoms with Crippen molar-refractivity contribution in [3.8, 4) is 0 Å². The molecule has 1 aliphatic rings. The second kappa shape index (κ2) is 11.1. The molecule has 0 radical (unpaired) electrons. The molecule has 9 nitrogen and oxygen atoms in total. The van der Waals surface area contributed by atoms with Gasteiger partial charge in [0.2, 0.25) is 0 Å². The Kier molecular flexibility index (Phi) is 7.65. The molecular weight excluding hydrogens is 498 g/mol. The SMILES string of the molecule is C[C@@H](O)[C@H](NC(=O)c1cc2c([nH]c3ccccc32)c(CC2OCC(C)(C)CO2)n1)C(=O)OCc1ccccc1. The van der Waals surface area contributed by atoms with Crippen LogP contribution in [0.5, 0.6) is 0 Å². The Labute approximate surface area is 226 Å². The van der Waals surface area contributed by atoms with E-state index in [-0.39, 0.29) is 17.7 Å². The zero-order valence-corrected chi connectivity index (χ0v) is 22.3. The molecule has 1 fully saturated rings. The van der Waals surface area contributed by atoms with Gasteiger partial charge in [-0.3, -0.25) is 4.79 Å². The number of aromatic amines is 1. The fourth-order valence-electron chi connectivity index (χ4n) is 4.59. The van der Waals surface area contributed by atoms with Crippen molar-refractivity contribution in [3.63, 3.8) is 0 Å². The lowest BCUT2D eigenvalue weighted by atomic mass is 9.95. The van der Waals surface area contributed by atoms with Gasteiger partial charge in [-0.15, -0.1) is 0 Å². The van der Waals surface area contributed by atoms with Crippen LogP contribution < -0.4 is 5.32 Å². The van der Waals surface area contributed by atoms with Gasteiger partial charge in [0.05, 0.1) is 30.5 Å². The van der Waals surface area contributed by atoms with E-state index in [4.69, 9.17) is 14.2 Å². The van der Waals surface area contributed by atoms with Gasteiger partial charge in [0.25, 0.3) is 5.91 Å². The van der Waals surface area contributed by atoms with Gasteiger partial charge >= 0.3 is 5.97 Å². The van der Waals surface area contributed by atoms with Gasteiger partial charge in [0.15, 0.2) is 12.3 Å². The van der Waals surface area contributed by atoms with Crippen molar-refractivity contribution < 1.29 is 28.9 Å². The van der Waals surface area contributed by atoms with Gasteiger partial charge in [-0.25, -0.2) is 9.78 Å². The van der Waals surface area contributed by atoms with Gasteiger partial charge < -0.3 is 29.6 Å².